The zero-order valence-corrected chi connectivity index (χ0v) is 16.9. The topological polar surface area (TPSA) is 122 Å². The predicted molar refractivity (Wildman–Crippen MR) is 118 cm³/mol. The quantitative estimate of drug-likeness (QED) is 0.523. The Morgan fingerprint density at radius 1 is 0.867 bits per heavy atom. The second-order valence-corrected chi connectivity index (χ2v) is 6.49. The predicted octanol–water partition coefficient (Wildman–Crippen LogP) is 4.43. The van der Waals surface area contributed by atoms with Crippen molar-refractivity contribution in [2.24, 2.45) is 0 Å². The summed E-state index contributed by atoms with van der Waals surface area (Å²) in [7, 11) is 1.73. The Kier molecular flexibility index (Phi) is 6.21. The van der Waals surface area contributed by atoms with Crippen molar-refractivity contribution in [3.8, 4) is 12.1 Å². The number of nitrogens with zero attached hydrogens (tertiary/aromatic N) is 5. The van der Waals surface area contributed by atoms with Gasteiger partial charge in [-0.05, 0) is 73.0 Å². The molecule has 0 fully saturated rings. The normalized spacial score (nSPS) is 10.3. The summed E-state index contributed by atoms with van der Waals surface area (Å²) in [6.07, 6.45) is 3.22. The zero-order chi connectivity index (χ0) is 21.5. The van der Waals surface area contributed by atoms with Gasteiger partial charge in [0, 0.05) is 24.5 Å². The van der Waals surface area contributed by atoms with Crippen molar-refractivity contribution in [2.75, 3.05) is 23.0 Å². The maximum atomic E-state index is 8.93. The molecular weight excluding hydrogens is 376 g/mol. The molecular formula is C22H20N8. The summed E-state index contributed by atoms with van der Waals surface area (Å²) < 4.78 is 0. The van der Waals surface area contributed by atoms with E-state index in [0.717, 1.165) is 28.1 Å². The van der Waals surface area contributed by atoms with Gasteiger partial charge in [0.25, 0.3) is 0 Å². The first kappa shape index (κ1) is 20.3. The van der Waals surface area contributed by atoms with E-state index in [2.05, 4.69) is 37.0 Å². The Bertz CT molecular complexity index is 1140. The van der Waals surface area contributed by atoms with Crippen LogP contribution in [0, 0.1) is 36.5 Å². The number of nitrogens with one attached hydrogen (secondary N) is 3. The molecule has 0 spiro atoms. The van der Waals surface area contributed by atoms with Crippen LogP contribution in [0.4, 0.5) is 29.2 Å². The van der Waals surface area contributed by atoms with E-state index in [1.807, 2.05) is 32.0 Å². The first-order valence-electron chi connectivity index (χ1n) is 9.18. The molecule has 0 atom stereocenters. The third kappa shape index (κ3) is 4.89. The number of anilines is 5. The Morgan fingerprint density at radius 2 is 1.47 bits per heavy atom. The van der Waals surface area contributed by atoms with Gasteiger partial charge >= 0.3 is 0 Å². The molecule has 0 saturated carbocycles. The van der Waals surface area contributed by atoms with Crippen LogP contribution in [-0.2, 0) is 0 Å². The molecule has 8 nitrogen and oxygen atoms in total. The Labute approximate surface area is 175 Å². The molecule has 0 saturated heterocycles. The van der Waals surface area contributed by atoms with Crippen LogP contribution in [0.2, 0.25) is 0 Å². The van der Waals surface area contributed by atoms with E-state index in [1.165, 1.54) is 6.08 Å². The van der Waals surface area contributed by atoms with Gasteiger partial charge in [-0.3, -0.25) is 0 Å². The summed E-state index contributed by atoms with van der Waals surface area (Å²) in [5.41, 5.74) is 5.18. The molecule has 0 unspecified atom stereocenters. The standard InChI is InChI=1S/C22H20N8/c1-14-11-17(5-4-10-23)12-15(2)19(14)27-22-29-20(25-3)28-21(30-22)26-18-8-6-16(13-24)7-9-18/h4-9,11-12H,1-3H3,(H3,25,26,27,28,29,30). The number of hydrogen-bond donors (Lipinski definition) is 3. The molecule has 0 aliphatic heterocycles. The van der Waals surface area contributed by atoms with Crippen molar-refractivity contribution >= 4 is 35.3 Å². The van der Waals surface area contributed by atoms with Crippen LogP contribution in [0.5, 0.6) is 0 Å². The van der Waals surface area contributed by atoms with Gasteiger partial charge in [-0.1, -0.05) is 0 Å². The van der Waals surface area contributed by atoms with Gasteiger partial charge in [0.05, 0.1) is 17.7 Å². The third-order valence-electron chi connectivity index (χ3n) is 4.27. The lowest BCUT2D eigenvalue weighted by Gasteiger charge is -2.14. The van der Waals surface area contributed by atoms with Gasteiger partial charge in [0.15, 0.2) is 0 Å². The van der Waals surface area contributed by atoms with E-state index in [0.29, 0.717) is 23.4 Å². The molecule has 2 aromatic carbocycles. The van der Waals surface area contributed by atoms with Crippen LogP contribution >= 0.6 is 0 Å². The van der Waals surface area contributed by atoms with Gasteiger partial charge < -0.3 is 16.0 Å². The lowest BCUT2D eigenvalue weighted by molar-refractivity contribution is 1.05. The van der Waals surface area contributed by atoms with E-state index < -0.39 is 0 Å². The number of hydrogen-bond acceptors (Lipinski definition) is 8. The highest BCUT2D eigenvalue weighted by Gasteiger charge is 2.10. The summed E-state index contributed by atoms with van der Waals surface area (Å²) in [4.78, 5) is 13.2. The average molecular weight is 396 g/mol. The third-order valence-corrected chi connectivity index (χ3v) is 4.27. The SMILES string of the molecule is CNc1nc(Nc2ccc(C#N)cc2)nc(Nc2c(C)cc(C=CC#N)cc2C)n1. The lowest BCUT2D eigenvalue weighted by atomic mass is 10.0. The minimum atomic E-state index is 0.366. The number of rotatable bonds is 6. The number of aromatic nitrogens is 3. The van der Waals surface area contributed by atoms with Gasteiger partial charge in [0.2, 0.25) is 17.8 Å². The molecule has 148 valence electrons. The van der Waals surface area contributed by atoms with E-state index in [4.69, 9.17) is 10.5 Å². The summed E-state index contributed by atoms with van der Waals surface area (Å²) >= 11 is 0. The number of aryl methyl sites for hydroxylation is 2. The minimum absolute atomic E-state index is 0.366. The molecule has 0 amide bonds. The van der Waals surface area contributed by atoms with Gasteiger partial charge in [-0.25, -0.2) is 0 Å². The fourth-order valence-corrected chi connectivity index (χ4v) is 2.89. The van der Waals surface area contributed by atoms with E-state index in [9.17, 15) is 0 Å². The monoisotopic (exact) mass is 396 g/mol. The highest BCUT2D eigenvalue weighted by Crippen LogP contribution is 2.26. The molecule has 8 heteroatoms. The molecule has 0 aliphatic rings. The second-order valence-electron chi connectivity index (χ2n) is 6.49. The lowest BCUT2D eigenvalue weighted by Crippen LogP contribution is -2.08. The molecule has 0 aliphatic carbocycles. The van der Waals surface area contributed by atoms with Crippen LogP contribution in [0.15, 0.2) is 42.5 Å². The summed E-state index contributed by atoms with van der Waals surface area (Å²) in [5, 5.41) is 27.0. The Balaban J connectivity index is 1.89. The molecule has 30 heavy (non-hydrogen) atoms. The van der Waals surface area contributed by atoms with Crippen molar-refractivity contribution in [2.45, 2.75) is 13.8 Å². The van der Waals surface area contributed by atoms with Crippen LogP contribution in [0.25, 0.3) is 6.08 Å². The number of nitriles is 2. The summed E-state index contributed by atoms with van der Waals surface area (Å²) in [6.45, 7) is 3.96. The molecule has 3 N–H and O–H groups in total. The molecule has 3 aromatic rings. The summed E-state index contributed by atoms with van der Waals surface area (Å²) in [5.74, 6) is 1.16. The Morgan fingerprint density at radius 3 is 2.03 bits per heavy atom. The van der Waals surface area contributed by atoms with Crippen molar-refractivity contribution in [3.05, 3.63) is 64.7 Å². The van der Waals surface area contributed by atoms with Crippen molar-refractivity contribution in [3.63, 3.8) is 0 Å². The second kappa shape index (κ2) is 9.18. The van der Waals surface area contributed by atoms with E-state index >= 15 is 0 Å². The van der Waals surface area contributed by atoms with Crippen LogP contribution in [0.1, 0.15) is 22.3 Å². The van der Waals surface area contributed by atoms with Crippen LogP contribution < -0.4 is 16.0 Å². The highest BCUT2D eigenvalue weighted by molar-refractivity contribution is 5.68. The van der Waals surface area contributed by atoms with Crippen molar-refractivity contribution < 1.29 is 0 Å². The van der Waals surface area contributed by atoms with Gasteiger partial charge in [-0.2, -0.15) is 25.5 Å². The van der Waals surface area contributed by atoms with Gasteiger partial charge in [-0.15, -0.1) is 0 Å². The summed E-state index contributed by atoms with van der Waals surface area (Å²) in [6, 6.07) is 15.1. The molecule has 0 bridgehead atoms. The first-order chi connectivity index (χ1) is 14.5. The van der Waals surface area contributed by atoms with Gasteiger partial charge in [0.1, 0.15) is 0 Å². The fourth-order valence-electron chi connectivity index (χ4n) is 2.89. The maximum Gasteiger partial charge on any atom is 0.233 e. The molecule has 0 radical (unpaired) electrons. The fraction of sp³-hybridized carbons (Fsp3) is 0.136. The van der Waals surface area contributed by atoms with Crippen LogP contribution in [0.3, 0.4) is 0 Å². The van der Waals surface area contributed by atoms with Crippen molar-refractivity contribution in [1.29, 1.82) is 10.5 Å². The maximum absolute atomic E-state index is 8.93. The Hall–Kier alpha value is -4.43. The molecule has 3 rings (SSSR count). The smallest absolute Gasteiger partial charge is 0.233 e. The largest absolute Gasteiger partial charge is 0.357 e. The molecule has 1 heterocycles. The molecule has 1 aromatic heterocycles. The van der Waals surface area contributed by atoms with Crippen LogP contribution in [-0.4, -0.2) is 22.0 Å². The number of benzene rings is 2. The average Bonchev–Trinajstić information content (AvgIpc) is 2.75. The zero-order valence-electron chi connectivity index (χ0n) is 16.9. The minimum Gasteiger partial charge on any atom is -0.357 e. The number of allylic oxidation sites excluding steroid dienone is 1. The van der Waals surface area contributed by atoms with Crippen molar-refractivity contribution in [1.82, 2.24) is 15.0 Å². The highest BCUT2D eigenvalue weighted by atomic mass is 15.3. The van der Waals surface area contributed by atoms with E-state index in [-0.39, 0.29) is 0 Å². The first-order valence-corrected chi connectivity index (χ1v) is 9.18. The van der Waals surface area contributed by atoms with E-state index in [1.54, 1.807) is 37.4 Å².